The van der Waals surface area contributed by atoms with Crippen molar-refractivity contribution in [2.75, 3.05) is 13.6 Å². The molecule has 0 aliphatic rings. The van der Waals surface area contributed by atoms with E-state index in [0.29, 0.717) is 19.5 Å². The zero-order chi connectivity index (χ0) is 14.5. The van der Waals surface area contributed by atoms with Crippen LogP contribution in [0.2, 0.25) is 0 Å². The molecule has 0 fully saturated rings. The molecule has 0 bridgehead atoms. The summed E-state index contributed by atoms with van der Waals surface area (Å²) < 4.78 is 0. The van der Waals surface area contributed by atoms with Gasteiger partial charge in [-0.25, -0.2) is 0 Å². The molecular weight excluding hydrogens is 256 g/mol. The minimum atomic E-state index is 0.0255. The average molecular weight is 278 g/mol. The summed E-state index contributed by atoms with van der Waals surface area (Å²) in [6.45, 7) is 7.23. The fraction of sp³-hybridized carbons (Fsp3) is 0.533. The lowest BCUT2D eigenvalue weighted by Gasteiger charge is -2.23. The predicted octanol–water partition coefficient (Wildman–Crippen LogP) is 2.45. The van der Waals surface area contributed by atoms with Gasteiger partial charge in [-0.2, -0.15) is 0 Å². The van der Waals surface area contributed by atoms with Crippen molar-refractivity contribution in [1.29, 1.82) is 0 Å². The van der Waals surface area contributed by atoms with E-state index in [2.05, 4.69) is 32.6 Å². The Balaban J connectivity index is 2.59. The third-order valence-corrected chi connectivity index (χ3v) is 3.39. The molecule has 1 aromatic heterocycles. The quantitative estimate of drug-likeness (QED) is 0.863. The Morgan fingerprint density at radius 2 is 2.16 bits per heavy atom. The molecular formula is C15H22N2OS. The highest BCUT2D eigenvalue weighted by Gasteiger charge is 2.19. The first-order valence-electron chi connectivity index (χ1n) is 6.32. The smallest absolute Gasteiger partial charge is 0.223 e. The second kappa shape index (κ2) is 6.74. The topological polar surface area (TPSA) is 46.3 Å². The molecule has 0 spiro atoms. The molecule has 0 atom stereocenters. The minimum Gasteiger partial charge on any atom is -0.341 e. The maximum atomic E-state index is 12.0. The van der Waals surface area contributed by atoms with Crippen molar-refractivity contribution in [2.24, 2.45) is 11.1 Å². The molecule has 0 aliphatic carbocycles. The van der Waals surface area contributed by atoms with Crippen LogP contribution in [0.5, 0.6) is 0 Å². The number of carbonyl (C=O) groups excluding carboxylic acids is 1. The summed E-state index contributed by atoms with van der Waals surface area (Å²) in [4.78, 5) is 14.8. The highest BCUT2D eigenvalue weighted by molar-refractivity contribution is 7.10. The number of amides is 1. The van der Waals surface area contributed by atoms with E-state index in [1.807, 2.05) is 18.5 Å². The van der Waals surface area contributed by atoms with Gasteiger partial charge in [-0.15, -0.1) is 11.3 Å². The lowest BCUT2D eigenvalue weighted by Crippen LogP contribution is -2.29. The zero-order valence-electron chi connectivity index (χ0n) is 12.1. The Labute approximate surface area is 119 Å². The molecule has 0 unspecified atom stereocenters. The van der Waals surface area contributed by atoms with Crippen LogP contribution in [0.1, 0.15) is 37.6 Å². The minimum absolute atomic E-state index is 0.0255. The summed E-state index contributed by atoms with van der Waals surface area (Å²) in [7, 11) is 1.84. The number of carbonyl (C=O) groups is 1. The second-order valence-electron chi connectivity index (χ2n) is 5.81. The molecule has 19 heavy (non-hydrogen) atoms. The first kappa shape index (κ1) is 15.7. The van der Waals surface area contributed by atoms with Crippen LogP contribution in [0, 0.1) is 17.3 Å². The number of thiophene rings is 1. The normalized spacial score (nSPS) is 10.8. The maximum absolute atomic E-state index is 12.0. The van der Waals surface area contributed by atoms with Crippen molar-refractivity contribution < 1.29 is 4.79 Å². The molecule has 1 amide bonds. The van der Waals surface area contributed by atoms with E-state index in [1.54, 1.807) is 16.2 Å². The van der Waals surface area contributed by atoms with E-state index in [9.17, 15) is 4.79 Å². The molecule has 1 aromatic rings. The molecule has 0 aromatic carbocycles. The standard InChI is InChI=1S/C15H22N2OS/c1-15(2,3)9-14(18)17(4)10-12-8-13(19-11-12)6-5-7-16/h8,11H,7,9-10,16H2,1-4H3. The van der Waals surface area contributed by atoms with Gasteiger partial charge in [0.05, 0.1) is 11.4 Å². The molecule has 0 radical (unpaired) electrons. The first-order valence-corrected chi connectivity index (χ1v) is 7.20. The average Bonchev–Trinajstić information content (AvgIpc) is 2.71. The van der Waals surface area contributed by atoms with Crippen LogP contribution in [0.4, 0.5) is 0 Å². The highest BCUT2D eigenvalue weighted by atomic mass is 32.1. The van der Waals surface area contributed by atoms with Gasteiger partial charge in [-0.3, -0.25) is 4.79 Å². The van der Waals surface area contributed by atoms with Crippen LogP contribution >= 0.6 is 11.3 Å². The van der Waals surface area contributed by atoms with Gasteiger partial charge in [0.15, 0.2) is 0 Å². The van der Waals surface area contributed by atoms with Crippen LogP contribution in [-0.4, -0.2) is 24.4 Å². The zero-order valence-corrected chi connectivity index (χ0v) is 12.9. The fourth-order valence-electron chi connectivity index (χ4n) is 1.61. The monoisotopic (exact) mass is 278 g/mol. The molecule has 0 aliphatic heterocycles. The molecule has 4 heteroatoms. The number of hydrogen-bond donors (Lipinski definition) is 1. The van der Waals surface area contributed by atoms with Gasteiger partial charge in [-0.1, -0.05) is 32.6 Å². The van der Waals surface area contributed by atoms with Gasteiger partial charge in [0.2, 0.25) is 5.91 Å². The highest BCUT2D eigenvalue weighted by Crippen LogP contribution is 2.21. The van der Waals surface area contributed by atoms with Crippen LogP contribution in [0.15, 0.2) is 11.4 Å². The van der Waals surface area contributed by atoms with E-state index in [1.165, 1.54) is 0 Å². The Hall–Kier alpha value is -1.31. The van der Waals surface area contributed by atoms with E-state index >= 15 is 0 Å². The summed E-state index contributed by atoms with van der Waals surface area (Å²) in [5.74, 6) is 6.01. The Morgan fingerprint density at radius 3 is 2.74 bits per heavy atom. The van der Waals surface area contributed by atoms with Crippen molar-refractivity contribution in [3.05, 3.63) is 21.9 Å². The van der Waals surface area contributed by atoms with Gasteiger partial charge in [-0.05, 0) is 22.4 Å². The van der Waals surface area contributed by atoms with Gasteiger partial charge in [0.25, 0.3) is 0 Å². The Kier molecular flexibility index (Phi) is 5.59. The number of nitrogens with zero attached hydrogens (tertiary/aromatic N) is 1. The van der Waals surface area contributed by atoms with Gasteiger partial charge < -0.3 is 10.6 Å². The third kappa shape index (κ3) is 5.91. The second-order valence-corrected chi connectivity index (χ2v) is 6.72. The molecule has 1 rings (SSSR count). The first-order chi connectivity index (χ1) is 8.81. The van der Waals surface area contributed by atoms with Crippen LogP contribution in [0.3, 0.4) is 0 Å². The van der Waals surface area contributed by atoms with Crippen molar-refractivity contribution in [3.63, 3.8) is 0 Å². The molecule has 3 nitrogen and oxygen atoms in total. The van der Waals surface area contributed by atoms with Crippen molar-refractivity contribution in [2.45, 2.75) is 33.7 Å². The van der Waals surface area contributed by atoms with Gasteiger partial charge >= 0.3 is 0 Å². The molecule has 104 valence electrons. The maximum Gasteiger partial charge on any atom is 0.223 e. The number of rotatable bonds is 3. The number of nitrogens with two attached hydrogens (primary N) is 1. The lowest BCUT2D eigenvalue weighted by molar-refractivity contribution is -0.132. The molecule has 2 N–H and O–H groups in total. The predicted molar refractivity (Wildman–Crippen MR) is 80.8 cm³/mol. The largest absolute Gasteiger partial charge is 0.341 e. The summed E-state index contributed by atoms with van der Waals surface area (Å²) in [5.41, 5.74) is 6.49. The summed E-state index contributed by atoms with van der Waals surface area (Å²) in [6, 6.07) is 2.02. The van der Waals surface area contributed by atoms with Crippen LogP contribution in [-0.2, 0) is 11.3 Å². The molecule has 1 heterocycles. The summed E-state index contributed by atoms with van der Waals surface area (Å²) in [6.07, 6.45) is 0.563. The van der Waals surface area contributed by atoms with Crippen LogP contribution < -0.4 is 5.73 Å². The van der Waals surface area contributed by atoms with Crippen LogP contribution in [0.25, 0.3) is 0 Å². The summed E-state index contributed by atoms with van der Waals surface area (Å²) in [5, 5.41) is 2.04. The lowest BCUT2D eigenvalue weighted by atomic mass is 9.91. The van der Waals surface area contributed by atoms with E-state index in [0.717, 1.165) is 10.4 Å². The van der Waals surface area contributed by atoms with Gasteiger partial charge in [0.1, 0.15) is 0 Å². The SMILES string of the molecule is CN(Cc1csc(C#CCN)c1)C(=O)CC(C)(C)C. The van der Waals surface area contributed by atoms with Crippen molar-refractivity contribution in [3.8, 4) is 11.8 Å². The van der Waals surface area contributed by atoms with E-state index < -0.39 is 0 Å². The van der Waals surface area contributed by atoms with Crippen molar-refractivity contribution in [1.82, 2.24) is 4.90 Å². The van der Waals surface area contributed by atoms with E-state index in [-0.39, 0.29) is 11.3 Å². The third-order valence-electron chi connectivity index (χ3n) is 2.49. The molecule has 0 saturated heterocycles. The van der Waals surface area contributed by atoms with E-state index in [4.69, 9.17) is 5.73 Å². The van der Waals surface area contributed by atoms with Gasteiger partial charge in [0, 0.05) is 20.0 Å². The fourth-order valence-corrected chi connectivity index (χ4v) is 2.38. The van der Waals surface area contributed by atoms with Crippen molar-refractivity contribution >= 4 is 17.2 Å². The summed E-state index contributed by atoms with van der Waals surface area (Å²) >= 11 is 1.59. The molecule has 0 saturated carbocycles. The number of hydrogen-bond acceptors (Lipinski definition) is 3. The Bertz CT molecular complexity index is 488. The Morgan fingerprint density at radius 1 is 1.47 bits per heavy atom.